The number of benzene rings is 1. The molecular formula is C14H17N3O2. The second-order valence-electron chi connectivity index (χ2n) is 5.11. The van der Waals surface area contributed by atoms with E-state index in [2.05, 4.69) is 10.6 Å². The van der Waals surface area contributed by atoms with E-state index in [-0.39, 0.29) is 17.7 Å². The van der Waals surface area contributed by atoms with Crippen LogP contribution in [0.3, 0.4) is 0 Å². The highest BCUT2D eigenvalue weighted by Crippen LogP contribution is 2.30. The molecule has 0 atom stereocenters. The first-order valence-corrected chi connectivity index (χ1v) is 6.58. The Morgan fingerprint density at radius 2 is 2.16 bits per heavy atom. The molecule has 1 aromatic rings. The average molecular weight is 259 g/mol. The summed E-state index contributed by atoms with van der Waals surface area (Å²) in [5, 5.41) is 6.02. The van der Waals surface area contributed by atoms with Gasteiger partial charge in [-0.05, 0) is 30.2 Å². The number of carbonyl (C=O) groups is 2. The molecule has 5 nitrogen and oxygen atoms in total. The largest absolute Gasteiger partial charge is 0.326 e. The van der Waals surface area contributed by atoms with Gasteiger partial charge in [0.2, 0.25) is 11.8 Å². The van der Waals surface area contributed by atoms with E-state index < -0.39 is 0 Å². The molecule has 1 aromatic carbocycles. The Morgan fingerprint density at radius 1 is 1.37 bits per heavy atom. The van der Waals surface area contributed by atoms with E-state index in [4.69, 9.17) is 0 Å². The molecule has 100 valence electrons. The SMILES string of the molecule is CC(=O)N1CCc2cc(NC(=O)C3CNC3)ccc21. The predicted molar refractivity (Wildman–Crippen MR) is 73.2 cm³/mol. The van der Waals surface area contributed by atoms with Crippen LogP contribution in [0.5, 0.6) is 0 Å². The van der Waals surface area contributed by atoms with E-state index >= 15 is 0 Å². The van der Waals surface area contributed by atoms with Gasteiger partial charge in [0.1, 0.15) is 0 Å². The van der Waals surface area contributed by atoms with E-state index in [1.165, 1.54) is 0 Å². The van der Waals surface area contributed by atoms with Gasteiger partial charge in [0.05, 0.1) is 5.92 Å². The van der Waals surface area contributed by atoms with Crippen LogP contribution in [0, 0.1) is 5.92 Å². The fraction of sp³-hybridized carbons (Fsp3) is 0.429. The van der Waals surface area contributed by atoms with Gasteiger partial charge in [-0.15, -0.1) is 0 Å². The normalized spacial score (nSPS) is 17.8. The van der Waals surface area contributed by atoms with Gasteiger partial charge < -0.3 is 15.5 Å². The van der Waals surface area contributed by atoms with E-state index in [1.807, 2.05) is 18.2 Å². The zero-order valence-electron chi connectivity index (χ0n) is 10.9. The molecule has 2 aliphatic heterocycles. The average Bonchev–Trinajstić information content (AvgIpc) is 2.69. The van der Waals surface area contributed by atoms with Crippen LogP contribution in [-0.4, -0.2) is 31.4 Å². The van der Waals surface area contributed by atoms with Gasteiger partial charge in [-0.2, -0.15) is 0 Å². The molecule has 1 fully saturated rings. The molecule has 19 heavy (non-hydrogen) atoms. The fourth-order valence-electron chi connectivity index (χ4n) is 2.52. The maximum atomic E-state index is 11.9. The molecule has 0 saturated carbocycles. The molecule has 0 radical (unpaired) electrons. The highest BCUT2D eigenvalue weighted by Gasteiger charge is 2.26. The van der Waals surface area contributed by atoms with E-state index in [1.54, 1.807) is 11.8 Å². The minimum absolute atomic E-state index is 0.0658. The molecule has 0 aliphatic carbocycles. The van der Waals surface area contributed by atoms with E-state index in [0.717, 1.165) is 43.0 Å². The standard InChI is InChI=1S/C14H17N3O2/c1-9(18)17-5-4-10-6-12(2-3-13(10)17)16-14(19)11-7-15-8-11/h2-3,6,11,15H,4-5,7-8H2,1H3,(H,16,19). The summed E-state index contributed by atoms with van der Waals surface area (Å²) in [6.45, 7) is 3.83. The second-order valence-corrected chi connectivity index (χ2v) is 5.11. The Bertz CT molecular complexity index is 537. The molecule has 2 heterocycles. The Labute approximate surface area is 112 Å². The van der Waals surface area contributed by atoms with Gasteiger partial charge in [0.25, 0.3) is 0 Å². The molecular weight excluding hydrogens is 242 g/mol. The summed E-state index contributed by atoms with van der Waals surface area (Å²) in [6.07, 6.45) is 0.851. The zero-order valence-corrected chi connectivity index (χ0v) is 10.9. The van der Waals surface area contributed by atoms with Crippen molar-refractivity contribution in [1.29, 1.82) is 0 Å². The number of carbonyl (C=O) groups excluding carboxylic acids is 2. The molecule has 2 N–H and O–H groups in total. The molecule has 0 aromatic heterocycles. The summed E-state index contributed by atoms with van der Waals surface area (Å²) in [5.74, 6) is 0.221. The van der Waals surface area contributed by atoms with Gasteiger partial charge in [-0.3, -0.25) is 9.59 Å². The van der Waals surface area contributed by atoms with Gasteiger partial charge in [0.15, 0.2) is 0 Å². The molecule has 2 amide bonds. The number of nitrogens with zero attached hydrogens (tertiary/aromatic N) is 1. The lowest BCUT2D eigenvalue weighted by atomic mass is 10.0. The van der Waals surface area contributed by atoms with Crippen molar-refractivity contribution in [1.82, 2.24) is 5.32 Å². The smallest absolute Gasteiger partial charge is 0.230 e. The van der Waals surface area contributed by atoms with Crippen molar-refractivity contribution in [3.05, 3.63) is 23.8 Å². The van der Waals surface area contributed by atoms with Crippen LogP contribution < -0.4 is 15.5 Å². The Morgan fingerprint density at radius 3 is 2.79 bits per heavy atom. The predicted octanol–water partition coefficient (Wildman–Crippen LogP) is 0.753. The maximum Gasteiger partial charge on any atom is 0.230 e. The summed E-state index contributed by atoms with van der Waals surface area (Å²) in [6, 6.07) is 5.75. The minimum atomic E-state index is 0.0658. The second kappa shape index (κ2) is 4.66. The van der Waals surface area contributed by atoms with E-state index in [9.17, 15) is 9.59 Å². The van der Waals surface area contributed by atoms with Gasteiger partial charge in [-0.25, -0.2) is 0 Å². The number of hydrogen-bond donors (Lipinski definition) is 2. The number of amides is 2. The number of nitrogens with one attached hydrogen (secondary N) is 2. The first-order chi connectivity index (χ1) is 9.15. The fourth-order valence-corrected chi connectivity index (χ4v) is 2.52. The Kier molecular flexibility index (Phi) is 2.98. The van der Waals surface area contributed by atoms with Crippen molar-refractivity contribution in [2.24, 2.45) is 5.92 Å². The highest BCUT2D eigenvalue weighted by atomic mass is 16.2. The van der Waals surface area contributed by atoms with Crippen LogP contribution in [0.2, 0.25) is 0 Å². The van der Waals surface area contributed by atoms with Crippen LogP contribution in [0.1, 0.15) is 12.5 Å². The minimum Gasteiger partial charge on any atom is -0.326 e. The summed E-state index contributed by atoms with van der Waals surface area (Å²) in [4.78, 5) is 25.1. The lowest BCUT2D eigenvalue weighted by Gasteiger charge is -2.25. The van der Waals surface area contributed by atoms with Crippen LogP contribution in [0.15, 0.2) is 18.2 Å². The summed E-state index contributed by atoms with van der Waals surface area (Å²) >= 11 is 0. The first-order valence-electron chi connectivity index (χ1n) is 6.58. The van der Waals surface area contributed by atoms with Crippen LogP contribution in [0.4, 0.5) is 11.4 Å². The molecule has 3 rings (SSSR count). The Hall–Kier alpha value is -1.88. The summed E-state index contributed by atoms with van der Waals surface area (Å²) in [5.41, 5.74) is 2.91. The molecule has 5 heteroatoms. The molecule has 1 saturated heterocycles. The van der Waals surface area contributed by atoms with Crippen molar-refractivity contribution in [3.8, 4) is 0 Å². The number of fused-ring (bicyclic) bond motifs is 1. The van der Waals surface area contributed by atoms with Crippen LogP contribution >= 0.6 is 0 Å². The molecule has 0 spiro atoms. The zero-order chi connectivity index (χ0) is 13.4. The monoisotopic (exact) mass is 259 g/mol. The van der Waals surface area contributed by atoms with Crippen molar-refractivity contribution in [2.75, 3.05) is 29.9 Å². The summed E-state index contributed by atoms with van der Waals surface area (Å²) in [7, 11) is 0. The molecule has 0 bridgehead atoms. The van der Waals surface area contributed by atoms with Gasteiger partial charge in [0, 0.05) is 37.9 Å². The maximum absolute atomic E-state index is 11.9. The van der Waals surface area contributed by atoms with E-state index in [0.29, 0.717) is 0 Å². The van der Waals surface area contributed by atoms with Crippen molar-refractivity contribution >= 4 is 23.2 Å². The lowest BCUT2D eigenvalue weighted by Crippen LogP contribution is -2.48. The van der Waals surface area contributed by atoms with Crippen molar-refractivity contribution < 1.29 is 9.59 Å². The molecule has 2 aliphatic rings. The molecule has 0 unspecified atom stereocenters. The Balaban J connectivity index is 1.75. The van der Waals surface area contributed by atoms with Crippen molar-refractivity contribution in [3.63, 3.8) is 0 Å². The third kappa shape index (κ3) is 2.21. The lowest BCUT2D eigenvalue weighted by molar-refractivity contribution is -0.121. The third-order valence-electron chi connectivity index (χ3n) is 3.77. The van der Waals surface area contributed by atoms with Crippen LogP contribution in [-0.2, 0) is 16.0 Å². The summed E-state index contributed by atoms with van der Waals surface area (Å²) < 4.78 is 0. The number of rotatable bonds is 2. The quantitative estimate of drug-likeness (QED) is 0.824. The first kappa shape index (κ1) is 12.2. The third-order valence-corrected chi connectivity index (χ3v) is 3.77. The number of anilines is 2. The van der Waals surface area contributed by atoms with Gasteiger partial charge >= 0.3 is 0 Å². The topological polar surface area (TPSA) is 61.4 Å². The highest BCUT2D eigenvalue weighted by molar-refractivity contribution is 5.96. The van der Waals surface area contributed by atoms with Gasteiger partial charge in [-0.1, -0.05) is 0 Å². The van der Waals surface area contributed by atoms with Crippen LogP contribution in [0.25, 0.3) is 0 Å². The van der Waals surface area contributed by atoms with Crippen molar-refractivity contribution in [2.45, 2.75) is 13.3 Å². The number of hydrogen-bond acceptors (Lipinski definition) is 3.